The second-order valence-corrected chi connectivity index (χ2v) is 4.30. The minimum Gasteiger partial charge on any atom is -0.489 e. The summed E-state index contributed by atoms with van der Waals surface area (Å²) >= 11 is 0. The van der Waals surface area contributed by atoms with Crippen LogP contribution in [0.2, 0.25) is 0 Å². The van der Waals surface area contributed by atoms with Crippen molar-refractivity contribution >= 4 is 5.91 Å². The highest BCUT2D eigenvalue weighted by Gasteiger charge is 2.02. The minimum atomic E-state index is -0.292. The summed E-state index contributed by atoms with van der Waals surface area (Å²) in [6.07, 6.45) is 0.246. The van der Waals surface area contributed by atoms with E-state index >= 15 is 0 Å². The van der Waals surface area contributed by atoms with E-state index in [9.17, 15) is 9.18 Å². The maximum atomic E-state index is 12.7. The van der Waals surface area contributed by atoms with Gasteiger partial charge in [0.2, 0.25) is 5.91 Å². The highest BCUT2D eigenvalue weighted by molar-refractivity contribution is 5.77. The first-order chi connectivity index (χ1) is 9.67. The van der Waals surface area contributed by atoms with E-state index in [0.717, 1.165) is 11.1 Å². The van der Waals surface area contributed by atoms with Gasteiger partial charge >= 0.3 is 0 Å². The number of ether oxygens (including phenoxy) is 1. The van der Waals surface area contributed by atoms with Crippen molar-refractivity contribution in [1.29, 1.82) is 0 Å². The number of rotatable bonds is 5. The molecule has 0 saturated heterocycles. The molecular formula is C15H15FN2O2. The number of benzene rings is 2. The summed E-state index contributed by atoms with van der Waals surface area (Å²) < 4.78 is 18.3. The lowest BCUT2D eigenvalue weighted by molar-refractivity contribution is -0.120. The first-order valence-electron chi connectivity index (χ1n) is 6.13. The van der Waals surface area contributed by atoms with Crippen molar-refractivity contribution in [3.8, 4) is 5.75 Å². The molecule has 1 amide bonds. The third kappa shape index (κ3) is 4.07. The Bertz CT molecular complexity index is 567. The fourth-order valence-electron chi connectivity index (χ4n) is 1.69. The second kappa shape index (κ2) is 6.68. The number of carbonyl (C=O) groups excluding carboxylic acids is 1. The van der Waals surface area contributed by atoms with Crippen LogP contribution < -0.4 is 16.0 Å². The van der Waals surface area contributed by atoms with E-state index in [-0.39, 0.29) is 18.1 Å². The minimum absolute atomic E-state index is 0.236. The molecular weight excluding hydrogens is 259 g/mol. The molecule has 2 aromatic rings. The molecule has 3 N–H and O–H groups in total. The fraction of sp³-hybridized carbons (Fsp3) is 0.133. The zero-order valence-electron chi connectivity index (χ0n) is 10.8. The van der Waals surface area contributed by atoms with Crippen molar-refractivity contribution in [2.24, 2.45) is 5.84 Å². The van der Waals surface area contributed by atoms with E-state index in [1.165, 1.54) is 12.1 Å². The normalized spacial score (nSPS) is 10.1. The Kier molecular flexibility index (Phi) is 4.68. The zero-order valence-corrected chi connectivity index (χ0v) is 10.8. The van der Waals surface area contributed by atoms with Crippen molar-refractivity contribution in [2.75, 3.05) is 0 Å². The first kappa shape index (κ1) is 14.0. The zero-order chi connectivity index (χ0) is 14.4. The van der Waals surface area contributed by atoms with E-state index in [1.807, 2.05) is 24.3 Å². The summed E-state index contributed by atoms with van der Waals surface area (Å²) in [6, 6.07) is 13.3. The Labute approximate surface area is 116 Å². The Morgan fingerprint density at radius 2 is 1.65 bits per heavy atom. The van der Waals surface area contributed by atoms with Gasteiger partial charge in [-0.2, -0.15) is 0 Å². The van der Waals surface area contributed by atoms with Crippen LogP contribution in [0.5, 0.6) is 5.75 Å². The van der Waals surface area contributed by atoms with Gasteiger partial charge in [-0.15, -0.1) is 0 Å². The monoisotopic (exact) mass is 274 g/mol. The number of hydrazine groups is 1. The summed E-state index contributed by atoms with van der Waals surface area (Å²) in [7, 11) is 0. The van der Waals surface area contributed by atoms with Crippen LogP contribution in [0.3, 0.4) is 0 Å². The van der Waals surface area contributed by atoms with Crippen molar-refractivity contribution in [3.63, 3.8) is 0 Å². The molecule has 0 heterocycles. The number of nitrogens with two attached hydrogens (primary N) is 1. The summed E-state index contributed by atoms with van der Waals surface area (Å²) in [5.41, 5.74) is 3.92. The third-order valence-corrected chi connectivity index (χ3v) is 2.77. The van der Waals surface area contributed by atoms with E-state index < -0.39 is 0 Å². The molecule has 0 aliphatic heterocycles. The van der Waals surface area contributed by atoms with Gasteiger partial charge in [-0.1, -0.05) is 24.3 Å². The van der Waals surface area contributed by atoms with Crippen LogP contribution in [0.25, 0.3) is 0 Å². The molecule has 5 heteroatoms. The molecule has 0 atom stereocenters. The smallest absolute Gasteiger partial charge is 0.238 e. The van der Waals surface area contributed by atoms with E-state index in [0.29, 0.717) is 12.4 Å². The Balaban J connectivity index is 1.90. The predicted molar refractivity (Wildman–Crippen MR) is 73.2 cm³/mol. The molecule has 0 radical (unpaired) electrons. The lowest BCUT2D eigenvalue weighted by Gasteiger charge is -2.07. The standard InChI is InChI=1S/C15H15FN2O2/c16-13-5-7-14(8-6-13)20-10-12-3-1-11(2-4-12)9-15(19)18-17/h1-8H,9-10,17H2,(H,18,19). The predicted octanol–water partition coefficient (Wildman–Crippen LogP) is 1.94. The summed E-state index contributed by atoms with van der Waals surface area (Å²) in [5, 5.41) is 0. The number of amides is 1. The van der Waals surface area contributed by atoms with Gasteiger partial charge in [0.15, 0.2) is 0 Å². The number of carbonyl (C=O) groups is 1. The van der Waals surface area contributed by atoms with Gasteiger partial charge in [-0.25, -0.2) is 10.2 Å². The summed E-state index contributed by atoms with van der Waals surface area (Å²) in [6.45, 7) is 0.384. The molecule has 0 bridgehead atoms. The molecule has 0 aromatic heterocycles. The number of hydrogen-bond acceptors (Lipinski definition) is 3. The lowest BCUT2D eigenvalue weighted by atomic mass is 10.1. The molecule has 2 rings (SSSR count). The van der Waals surface area contributed by atoms with Crippen LogP contribution in [-0.2, 0) is 17.8 Å². The van der Waals surface area contributed by atoms with Crippen molar-refractivity contribution in [1.82, 2.24) is 5.43 Å². The quantitative estimate of drug-likeness (QED) is 0.497. The lowest BCUT2D eigenvalue weighted by Crippen LogP contribution is -2.31. The Hall–Kier alpha value is -2.40. The van der Waals surface area contributed by atoms with Gasteiger partial charge in [0.05, 0.1) is 6.42 Å². The average Bonchev–Trinajstić information content (AvgIpc) is 2.48. The van der Waals surface area contributed by atoms with Crippen molar-refractivity contribution < 1.29 is 13.9 Å². The fourth-order valence-corrected chi connectivity index (χ4v) is 1.69. The van der Waals surface area contributed by atoms with Crippen LogP contribution in [0.15, 0.2) is 48.5 Å². The van der Waals surface area contributed by atoms with E-state index in [2.05, 4.69) is 5.43 Å². The van der Waals surface area contributed by atoms with Crippen molar-refractivity contribution in [3.05, 3.63) is 65.5 Å². The van der Waals surface area contributed by atoms with Crippen LogP contribution in [-0.4, -0.2) is 5.91 Å². The molecule has 4 nitrogen and oxygen atoms in total. The Morgan fingerprint density at radius 3 is 2.25 bits per heavy atom. The van der Waals surface area contributed by atoms with Gasteiger partial charge < -0.3 is 4.74 Å². The highest BCUT2D eigenvalue weighted by Crippen LogP contribution is 2.14. The molecule has 2 aromatic carbocycles. The van der Waals surface area contributed by atoms with Crippen LogP contribution in [0, 0.1) is 5.82 Å². The van der Waals surface area contributed by atoms with E-state index in [1.54, 1.807) is 12.1 Å². The average molecular weight is 274 g/mol. The number of halogens is 1. The molecule has 20 heavy (non-hydrogen) atoms. The van der Waals surface area contributed by atoms with Crippen LogP contribution >= 0.6 is 0 Å². The number of nitrogens with one attached hydrogen (secondary N) is 1. The molecule has 0 spiro atoms. The third-order valence-electron chi connectivity index (χ3n) is 2.77. The van der Waals surface area contributed by atoms with E-state index in [4.69, 9.17) is 10.6 Å². The maximum absolute atomic E-state index is 12.7. The van der Waals surface area contributed by atoms with Gasteiger partial charge in [0.25, 0.3) is 0 Å². The summed E-state index contributed by atoms with van der Waals surface area (Å²) in [4.78, 5) is 11.1. The molecule has 104 valence electrons. The number of hydrogen-bond donors (Lipinski definition) is 2. The van der Waals surface area contributed by atoms with Crippen molar-refractivity contribution in [2.45, 2.75) is 13.0 Å². The van der Waals surface area contributed by atoms with Crippen LogP contribution in [0.4, 0.5) is 4.39 Å². The second-order valence-electron chi connectivity index (χ2n) is 4.30. The molecule has 0 saturated carbocycles. The molecule has 0 fully saturated rings. The first-order valence-corrected chi connectivity index (χ1v) is 6.13. The largest absolute Gasteiger partial charge is 0.489 e. The molecule has 0 unspecified atom stereocenters. The topological polar surface area (TPSA) is 64.3 Å². The van der Waals surface area contributed by atoms with Gasteiger partial charge in [0.1, 0.15) is 18.2 Å². The highest BCUT2D eigenvalue weighted by atomic mass is 19.1. The van der Waals surface area contributed by atoms with Crippen LogP contribution in [0.1, 0.15) is 11.1 Å². The SMILES string of the molecule is NNC(=O)Cc1ccc(COc2ccc(F)cc2)cc1. The maximum Gasteiger partial charge on any atom is 0.238 e. The molecule has 0 aliphatic carbocycles. The van der Waals surface area contributed by atoms with Gasteiger partial charge in [0, 0.05) is 0 Å². The molecule has 0 aliphatic rings. The summed E-state index contributed by atoms with van der Waals surface area (Å²) in [5.74, 6) is 5.11. The Morgan fingerprint density at radius 1 is 1.05 bits per heavy atom. The van der Waals surface area contributed by atoms with Gasteiger partial charge in [-0.05, 0) is 35.4 Å². The van der Waals surface area contributed by atoms with Gasteiger partial charge in [-0.3, -0.25) is 10.2 Å².